The lowest BCUT2D eigenvalue weighted by Gasteiger charge is -2.30. The summed E-state index contributed by atoms with van der Waals surface area (Å²) in [5, 5.41) is 4.44. The number of aromatic nitrogens is 2. The maximum Gasteiger partial charge on any atom is 0.272 e. The van der Waals surface area contributed by atoms with Crippen molar-refractivity contribution >= 4 is 21.8 Å². The zero-order valence-electron chi connectivity index (χ0n) is 11.0. The third kappa shape index (κ3) is 2.76. The Balaban J connectivity index is 2.19. The van der Waals surface area contributed by atoms with Crippen molar-refractivity contribution in [3.05, 3.63) is 17.5 Å². The molecule has 2 heterocycles. The molecule has 0 aliphatic carbocycles. The number of rotatable bonds is 3. The minimum Gasteiger partial charge on any atom is -0.336 e. The Morgan fingerprint density at radius 2 is 2.33 bits per heavy atom. The highest BCUT2D eigenvalue weighted by Crippen LogP contribution is 2.19. The van der Waals surface area contributed by atoms with Gasteiger partial charge in [0.05, 0.1) is 5.69 Å². The lowest BCUT2D eigenvalue weighted by atomic mass is 10.1. The summed E-state index contributed by atoms with van der Waals surface area (Å²) < 4.78 is 1.82. The molecule has 4 nitrogen and oxygen atoms in total. The molecule has 0 N–H and O–H groups in total. The highest BCUT2D eigenvalue weighted by Gasteiger charge is 2.25. The van der Waals surface area contributed by atoms with Crippen molar-refractivity contribution in [2.24, 2.45) is 0 Å². The number of alkyl halides is 1. The molecule has 1 unspecified atom stereocenters. The summed E-state index contributed by atoms with van der Waals surface area (Å²) >= 11 is 3.61. The Hall–Kier alpha value is -0.840. The van der Waals surface area contributed by atoms with E-state index in [0.29, 0.717) is 4.83 Å². The summed E-state index contributed by atoms with van der Waals surface area (Å²) in [5.74, 6) is 0.119. The van der Waals surface area contributed by atoms with Gasteiger partial charge in [0.25, 0.3) is 5.91 Å². The first kappa shape index (κ1) is 13.6. The van der Waals surface area contributed by atoms with Gasteiger partial charge in [-0.25, -0.2) is 0 Å². The molecular weight excluding hydrogens is 294 g/mol. The summed E-state index contributed by atoms with van der Waals surface area (Å²) in [6, 6.07) is 1.93. The van der Waals surface area contributed by atoms with Gasteiger partial charge in [0.2, 0.25) is 0 Å². The highest BCUT2D eigenvalue weighted by atomic mass is 79.9. The summed E-state index contributed by atoms with van der Waals surface area (Å²) in [4.78, 5) is 14.9. The zero-order valence-corrected chi connectivity index (χ0v) is 12.6. The molecule has 1 aromatic heterocycles. The van der Waals surface area contributed by atoms with Gasteiger partial charge in [-0.2, -0.15) is 5.10 Å². The average Bonchev–Trinajstić information content (AvgIpc) is 2.81. The van der Waals surface area contributed by atoms with Crippen LogP contribution in [0.3, 0.4) is 0 Å². The van der Waals surface area contributed by atoms with Crippen molar-refractivity contribution in [3.8, 4) is 0 Å². The topological polar surface area (TPSA) is 38.1 Å². The third-order valence-electron chi connectivity index (χ3n) is 3.36. The number of piperidine rings is 1. The number of hydrogen-bond acceptors (Lipinski definition) is 2. The van der Waals surface area contributed by atoms with E-state index in [1.807, 2.05) is 22.6 Å². The number of amides is 1. The maximum atomic E-state index is 12.5. The predicted molar refractivity (Wildman–Crippen MR) is 75.1 cm³/mol. The molecule has 0 radical (unpaired) electrons. The molecule has 0 bridgehead atoms. The fraction of sp³-hybridized carbons (Fsp3) is 0.692. The molecule has 1 aliphatic rings. The molecule has 1 aromatic rings. The van der Waals surface area contributed by atoms with Crippen LogP contribution in [0.1, 0.15) is 42.9 Å². The SMILES string of the molecule is CCc1cc(C(=O)N2CCCC(Br)C2)n(CC)n1. The van der Waals surface area contributed by atoms with E-state index in [2.05, 4.69) is 28.0 Å². The molecule has 0 spiro atoms. The monoisotopic (exact) mass is 313 g/mol. The Kier molecular flexibility index (Phi) is 4.43. The quantitative estimate of drug-likeness (QED) is 0.804. The molecule has 1 fully saturated rings. The fourth-order valence-electron chi connectivity index (χ4n) is 2.33. The number of aryl methyl sites for hydroxylation is 2. The molecule has 0 aromatic carbocycles. The van der Waals surface area contributed by atoms with Crippen molar-refractivity contribution < 1.29 is 4.79 Å². The molecule has 1 amide bonds. The van der Waals surface area contributed by atoms with Crippen molar-refractivity contribution in [1.29, 1.82) is 0 Å². The number of nitrogens with zero attached hydrogens (tertiary/aromatic N) is 3. The van der Waals surface area contributed by atoms with E-state index in [1.54, 1.807) is 0 Å². The van der Waals surface area contributed by atoms with E-state index in [4.69, 9.17) is 0 Å². The van der Waals surface area contributed by atoms with Crippen LogP contribution >= 0.6 is 15.9 Å². The van der Waals surface area contributed by atoms with Gasteiger partial charge < -0.3 is 4.90 Å². The normalized spacial score (nSPS) is 20.2. The largest absolute Gasteiger partial charge is 0.336 e. The van der Waals surface area contributed by atoms with Gasteiger partial charge in [-0.05, 0) is 32.3 Å². The van der Waals surface area contributed by atoms with Gasteiger partial charge in [-0.1, -0.05) is 22.9 Å². The lowest BCUT2D eigenvalue weighted by Crippen LogP contribution is -2.41. The summed E-state index contributed by atoms with van der Waals surface area (Å²) in [6.45, 7) is 6.48. The van der Waals surface area contributed by atoms with E-state index >= 15 is 0 Å². The van der Waals surface area contributed by atoms with Gasteiger partial charge >= 0.3 is 0 Å². The van der Waals surface area contributed by atoms with Crippen molar-refractivity contribution in [1.82, 2.24) is 14.7 Å². The van der Waals surface area contributed by atoms with Crippen LogP contribution in [0.5, 0.6) is 0 Å². The Morgan fingerprint density at radius 1 is 1.56 bits per heavy atom. The molecule has 2 rings (SSSR count). The fourth-order valence-corrected chi connectivity index (χ4v) is 3.00. The molecule has 1 aliphatic heterocycles. The predicted octanol–water partition coefficient (Wildman–Crippen LogP) is 2.46. The summed E-state index contributed by atoms with van der Waals surface area (Å²) in [6.07, 6.45) is 3.09. The minimum atomic E-state index is 0.119. The molecule has 1 atom stereocenters. The van der Waals surface area contributed by atoms with E-state index in [9.17, 15) is 4.79 Å². The van der Waals surface area contributed by atoms with Crippen LogP contribution in [0.25, 0.3) is 0 Å². The first-order valence-corrected chi connectivity index (χ1v) is 7.57. The van der Waals surface area contributed by atoms with Crippen LogP contribution in [0.2, 0.25) is 0 Å². The van der Waals surface area contributed by atoms with Crippen LogP contribution < -0.4 is 0 Å². The average molecular weight is 314 g/mol. The molecule has 18 heavy (non-hydrogen) atoms. The Labute approximate surface area is 116 Å². The lowest BCUT2D eigenvalue weighted by molar-refractivity contribution is 0.0717. The zero-order chi connectivity index (χ0) is 13.1. The summed E-state index contributed by atoms with van der Waals surface area (Å²) in [7, 11) is 0. The standard InChI is InChI=1S/C13H20BrN3O/c1-3-11-8-12(17(4-2)15-11)13(18)16-7-5-6-10(14)9-16/h8,10H,3-7,9H2,1-2H3. The van der Waals surface area contributed by atoms with Crippen LogP contribution in [-0.2, 0) is 13.0 Å². The first-order valence-electron chi connectivity index (χ1n) is 6.65. The first-order chi connectivity index (χ1) is 8.65. The smallest absolute Gasteiger partial charge is 0.272 e. The minimum absolute atomic E-state index is 0.119. The van der Waals surface area contributed by atoms with E-state index < -0.39 is 0 Å². The van der Waals surface area contributed by atoms with E-state index in [-0.39, 0.29) is 5.91 Å². The Morgan fingerprint density at radius 3 is 2.94 bits per heavy atom. The molecule has 100 valence electrons. The van der Waals surface area contributed by atoms with Crippen molar-refractivity contribution in [3.63, 3.8) is 0 Å². The second kappa shape index (κ2) is 5.87. The second-order valence-corrected chi connectivity index (χ2v) is 5.98. The van der Waals surface area contributed by atoms with Gasteiger partial charge in [-0.15, -0.1) is 0 Å². The van der Waals surface area contributed by atoms with E-state index in [0.717, 1.165) is 50.3 Å². The van der Waals surface area contributed by atoms with Crippen LogP contribution in [-0.4, -0.2) is 38.5 Å². The molecule has 5 heteroatoms. The number of carbonyl (C=O) groups is 1. The highest BCUT2D eigenvalue weighted by molar-refractivity contribution is 9.09. The molecule has 0 saturated carbocycles. The number of halogens is 1. The third-order valence-corrected chi connectivity index (χ3v) is 4.11. The van der Waals surface area contributed by atoms with Gasteiger partial charge in [0.15, 0.2) is 0 Å². The van der Waals surface area contributed by atoms with Gasteiger partial charge in [0.1, 0.15) is 5.69 Å². The molecule has 1 saturated heterocycles. The van der Waals surface area contributed by atoms with Crippen LogP contribution in [0.4, 0.5) is 0 Å². The maximum absolute atomic E-state index is 12.5. The number of hydrogen-bond donors (Lipinski definition) is 0. The van der Waals surface area contributed by atoms with E-state index in [1.165, 1.54) is 0 Å². The van der Waals surface area contributed by atoms with Gasteiger partial charge in [-0.3, -0.25) is 9.48 Å². The molecular formula is C13H20BrN3O. The van der Waals surface area contributed by atoms with Crippen LogP contribution in [0.15, 0.2) is 6.07 Å². The van der Waals surface area contributed by atoms with Crippen molar-refractivity contribution in [2.75, 3.05) is 13.1 Å². The number of carbonyl (C=O) groups excluding carboxylic acids is 1. The Bertz CT molecular complexity index is 430. The second-order valence-electron chi connectivity index (χ2n) is 4.68. The van der Waals surface area contributed by atoms with Gasteiger partial charge in [0, 0.05) is 24.5 Å². The summed E-state index contributed by atoms with van der Waals surface area (Å²) in [5.41, 5.74) is 1.73. The number of likely N-dealkylation sites (tertiary alicyclic amines) is 1. The van der Waals surface area contributed by atoms with Crippen molar-refractivity contribution in [2.45, 2.75) is 44.5 Å². The van der Waals surface area contributed by atoms with Crippen LogP contribution in [0, 0.1) is 0 Å².